The van der Waals surface area contributed by atoms with Gasteiger partial charge in [-0.3, -0.25) is 4.79 Å². The van der Waals surface area contributed by atoms with Crippen LogP contribution in [0.5, 0.6) is 0 Å². The minimum absolute atomic E-state index is 0.208. The molecule has 5 nitrogen and oxygen atoms in total. The Kier molecular flexibility index (Phi) is 2.77. The van der Waals surface area contributed by atoms with Crippen LogP contribution in [-0.2, 0) is 0 Å². The second-order valence-corrected chi connectivity index (χ2v) is 3.73. The molecule has 0 aliphatic heterocycles. The van der Waals surface area contributed by atoms with E-state index in [4.69, 9.17) is 0 Å². The summed E-state index contributed by atoms with van der Waals surface area (Å²) in [5.74, 6) is 0. The van der Waals surface area contributed by atoms with Crippen molar-refractivity contribution in [3.63, 3.8) is 0 Å². The fourth-order valence-electron chi connectivity index (χ4n) is 1.11. The molecule has 78 valence electrons. The van der Waals surface area contributed by atoms with Crippen LogP contribution in [0.2, 0.25) is 0 Å². The van der Waals surface area contributed by atoms with Gasteiger partial charge < -0.3 is 5.32 Å². The minimum atomic E-state index is -0.208. The molecule has 6 heteroatoms. The van der Waals surface area contributed by atoms with E-state index in [-0.39, 0.29) is 5.56 Å². The SMILES string of the molecule is CCNc1nc(-c2ccc(=O)[nH]n2)cs1. The van der Waals surface area contributed by atoms with E-state index in [0.717, 1.165) is 17.4 Å². The quantitative estimate of drug-likeness (QED) is 0.821. The highest BCUT2D eigenvalue weighted by molar-refractivity contribution is 7.14. The molecule has 15 heavy (non-hydrogen) atoms. The van der Waals surface area contributed by atoms with Gasteiger partial charge in [0, 0.05) is 18.0 Å². The molecule has 0 aromatic carbocycles. The molecular formula is C9H10N4OS. The maximum atomic E-state index is 10.8. The van der Waals surface area contributed by atoms with Crippen LogP contribution in [0.3, 0.4) is 0 Å². The first-order valence-electron chi connectivity index (χ1n) is 4.55. The predicted molar refractivity (Wildman–Crippen MR) is 60.1 cm³/mol. The van der Waals surface area contributed by atoms with Gasteiger partial charge in [-0.05, 0) is 13.0 Å². The number of aromatic amines is 1. The first kappa shape index (κ1) is 9.85. The van der Waals surface area contributed by atoms with Crippen LogP contribution in [0.25, 0.3) is 11.4 Å². The molecule has 0 aliphatic carbocycles. The van der Waals surface area contributed by atoms with Crippen LogP contribution in [0.15, 0.2) is 22.3 Å². The zero-order valence-electron chi connectivity index (χ0n) is 8.15. The highest BCUT2D eigenvalue weighted by atomic mass is 32.1. The third-order valence-corrected chi connectivity index (χ3v) is 2.57. The second kappa shape index (κ2) is 4.22. The van der Waals surface area contributed by atoms with Crippen molar-refractivity contribution in [2.45, 2.75) is 6.92 Å². The van der Waals surface area contributed by atoms with Crippen molar-refractivity contribution < 1.29 is 0 Å². The summed E-state index contributed by atoms with van der Waals surface area (Å²) in [7, 11) is 0. The molecule has 2 heterocycles. The van der Waals surface area contributed by atoms with Gasteiger partial charge in [0.05, 0.1) is 0 Å². The zero-order chi connectivity index (χ0) is 10.7. The van der Waals surface area contributed by atoms with Crippen LogP contribution in [0.4, 0.5) is 5.13 Å². The number of hydrogen-bond acceptors (Lipinski definition) is 5. The van der Waals surface area contributed by atoms with E-state index in [1.165, 1.54) is 17.4 Å². The molecule has 0 radical (unpaired) electrons. The van der Waals surface area contributed by atoms with Gasteiger partial charge in [-0.2, -0.15) is 5.10 Å². The lowest BCUT2D eigenvalue weighted by Crippen LogP contribution is -2.05. The summed E-state index contributed by atoms with van der Waals surface area (Å²) < 4.78 is 0. The third-order valence-electron chi connectivity index (χ3n) is 1.77. The Morgan fingerprint density at radius 3 is 3.00 bits per heavy atom. The Labute approximate surface area is 90.2 Å². The molecule has 0 atom stereocenters. The van der Waals surface area contributed by atoms with E-state index >= 15 is 0 Å². The number of rotatable bonds is 3. The van der Waals surface area contributed by atoms with Gasteiger partial charge in [0.2, 0.25) is 0 Å². The molecule has 0 amide bonds. The number of nitrogens with zero attached hydrogens (tertiary/aromatic N) is 2. The molecule has 0 spiro atoms. The van der Waals surface area contributed by atoms with Crippen molar-refractivity contribution in [1.82, 2.24) is 15.2 Å². The summed E-state index contributed by atoms with van der Waals surface area (Å²) in [6.07, 6.45) is 0. The van der Waals surface area contributed by atoms with Gasteiger partial charge in [0.25, 0.3) is 5.56 Å². The van der Waals surface area contributed by atoms with Gasteiger partial charge in [0.1, 0.15) is 11.4 Å². The molecule has 0 saturated carbocycles. The van der Waals surface area contributed by atoms with Gasteiger partial charge >= 0.3 is 0 Å². The van der Waals surface area contributed by atoms with E-state index in [0.29, 0.717) is 5.69 Å². The summed E-state index contributed by atoms with van der Waals surface area (Å²) in [6.45, 7) is 2.85. The number of aromatic nitrogens is 3. The topological polar surface area (TPSA) is 70.7 Å². The number of H-pyrrole nitrogens is 1. The molecule has 2 aromatic rings. The minimum Gasteiger partial charge on any atom is -0.362 e. The van der Waals surface area contributed by atoms with Crippen molar-refractivity contribution in [2.75, 3.05) is 11.9 Å². The molecule has 0 saturated heterocycles. The number of anilines is 1. The summed E-state index contributed by atoms with van der Waals surface area (Å²) >= 11 is 1.52. The van der Waals surface area contributed by atoms with E-state index < -0.39 is 0 Å². The Hall–Kier alpha value is -1.69. The van der Waals surface area contributed by atoms with Crippen molar-refractivity contribution in [3.8, 4) is 11.4 Å². The monoisotopic (exact) mass is 222 g/mol. The lowest BCUT2D eigenvalue weighted by molar-refractivity contribution is 0.990. The molecule has 0 fully saturated rings. The van der Waals surface area contributed by atoms with Crippen LogP contribution >= 0.6 is 11.3 Å². The zero-order valence-corrected chi connectivity index (χ0v) is 8.97. The van der Waals surface area contributed by atoms with Crippen LogP contribution in [-0.4, -0.2) is 21.7 Å². The summed E-state index contributed by atoms with van der Waals surface area (Å²) in [6, 6.07) is 3.10. The van der Waals surface area contributed by atoms with Gasteiger partial charge in [-0.25, -0.2) is 10.1 Å². The van der Waals surface area contributed by atoms with Gasteiger partial charge in [0.15, 0.2) is 5.13 Å². The average Bonchev–Trinajstić information content (AvgIpc) is 2.68. The lowest BCUT2D eigenvalue weighted by atomic mass is 10.3. The Morgan fingerprint density at radius 1 is 1.47 bits per heavy atom. The molecular weight excluding hydrogens is 212 g/mol. The highest BCUT2D eigenvalue weighted by Gasteiger charge is 2.04. The largest absolute Gasteiger partial charge is 0.362 e. The molecule has 0 unspecified atom stereocenters. The summed E-state index contributed by atoms with van der Waals surface area (Å²) in [5, 5.41) is 12.2. The van der Waals surface area contributed by atoms with Crippen LogP contribution in [0.1, 0.15) is 6.92 Å². The normalized spacial score (nSPS) is 10.2. The number of nitrogens with one attached hydrogen (secondary N) is 2. The fraction of sp³-hybridized carbons (Fsp3) is 0.222. The smallest absolute Gasteiger partial charge is 0.264 e. The Morgan fingerprint density at radius 2 is 2.33 bits per heavy atom. The number of hydrogen-bond donors (Lipinski definition) is 2. The first-order valence-corrected chi connectivity index (χ1v) is 5.43. The van der Waals surface area contributed by atoms with Crippen molar-refractivity contribution in [1.29, 1.82) is 0 Å². The van der Waals surface area contributed by atoms with Crippen molar-refractivity contribution in [2.24, 2.45) is 0 Å². The van der Waals surface area contributed by atoms with E-state index in [2.05, 4.69) is 20.5 Å². The molecule has 2 aromatic heterocycles. The standard InChI is InChI=1S/C9H10N4OS/c1-2-10-9-11-7(5-15-9)6-3-4-8(14)13-12-6/h3-5H,2H2,1H3,(H,10,11)(H,13,14). The Bertz CT molecular complexity index is 484. The maximum absolute atomic E-state index is 10.8. The first-order chi connectivity index (χ1) is 7.29. The van der Waals surface area contributed by atoms with Gasteiger partial charge in [-0.1, -0.05) is 0 Å². The fourth-order valence-corrected chi connectivity index (χ4v) is 1.89. The van der Waals surface area contributed by atoms with Crippen molar-refractivity contribution >= 4 is 16.5 Å². The van der Waals surface area contributed by atoms with Crippen LogP contribution in [0, 0.1) is 0 Å². The second-order valence-electron chi connectivity index (χ2n) is 2.87. The molecule has 2 N–H and O–H groups in total. The van der Waals surface area contributed by atoms with E-state index in [1.807, 2.05) is 12.3 Å². The van der Waals surface area contributed by atoms with E-state index in [9.17, 15) is 4.79 Å². The lowest BCUT2D eigenvalue weighted by Gasteiger charge is -1.95. The molecule has 0 aliphatic rings. The van der Waals surface area contributed by atoms with Gasteiger partial charge in [-0.15, -0.1) is 11.3 Å². The maximum Gasteiger partial charge on any atom is 0.264 e. The van der Waals surface area contributed by atoms with E-state index in [1.54, 1.807) is 6.07 Å². The highest BCUT2D eigenvalue weighted by Crippen LogP contribution is 2.21. The number of thiazole rings is 1. The average molecular weight is 222 g/mol. The summed E-state index contributed by atoms with van der Waals surface area (Å²) in [5.41, 5.74) is 1.24. The predicted octanol–water partition coefficient (Wildman–Crippen LogP) is 1.33. The molecule has 0 bridgehead atoms. The van der Waals surface area contributed by atoms with Crippen molar-refractivity contribution in [3.05, 3.63) is 27.9 Å². The van der Waals surface area contributed by atoms with Crippen LogP contribution < -0.4 is 10.9 Å². The molecule has 2 rings (SSSR count). The summed E-state index contributed by atoms with van der Waals surface area (Å²) in [4.78, 5) is 15.1. The third kappa shape index (κ3) is 2.21. The Balaban J connectivity index is 2.29.